The lowest BCUT2D eigenvalue weighted by molar-refractivity contribution is -0.118. The molecule has 0 saturated heterocycles. The third-order valence-electron chi connectivity index (χ3n) is 6.21. The van der Waals surface area contributed by atoms with Gasteiger partial charge in [-0.25, -0.2) is 4.98 Å². The average Bonchev–Trinajstić information content (AvgIpc) is 3.16. The van der Waals surface area contributed by atoms with Gasteiger partial charge in [0, 0.05) is 28.6 Å². The van der Waals surface area contributed by atoms with E-state index in [2.05, 4.69) is 5.10 Å². The normalized spacial score (nSPS) is 15.1. The number of rotatable bonds is 5. The molecule has 0 atom stereocenters. The van der Waals surface area contributed by atoms with Crippen molar-refractivity contribution in [2.45, 2.75) is 44.6 Å². The van der Waals surface area contributed by atoms with E-state index in [0.717, 1.165) is 48.0 Å². The minimum Gasteiger partial charge on any atom is -0.368 e. The first-order valence-electron chi connectivity index (χ1n) is 11.0. The number of amides is 1. The van der Waals surface area contributed by atoms with E-state index >= 15 is 0 Å². The summed E-state index contributed by atoms with van der Waals surface area (Å²) in [5, 5.41) is 6.13. The lowest BCUT2D eigenvalue weighted by atomic mass is 9.88. The lowest BCUT2D eigenvalue weighted by Gasteiger charge is -2.22. The maximum atomic E-state index is 13.4. The van der Waals surface area contributed by atoms with Crippen molar-refractivity contribution in [2.24, 2.45) is 10.8 Å². The van der Waals surface area contributed by atoms with E-state index in [1.165, 1.54) is 11.1 Å². The number of aromatic nitrogens is 3. The number of carbonyl (C=O) groups is 1. The zero-order valence-electron chi connectivity index (χ0n) is 17.8. The molecule has 2 heterocycles. The molecule has 2 aromatic heterocycles. The summed E-state index contributed by atoms with van der Waals surface area (Å²) in [6, 6.07) is 15.2. The minimum atomic E-state index is -0.413. The molecule has 1 aliphatic rings. The van der Waals surface area contributed by atoms with Crippen molar-refractivity contribution in [3.63, 3.8) is 0 Å². The van der Waals surface area contributed by atoms with Gasteiger partial charge in [0.25, 0.3) is 5.56 Å². The Morgan fingerprint density at radius 2 is 1.78 bits per heavy atom. The van der Waals surface area contributed by atoms with Crippen molar-refractivity contribution < 1.29 is 4.79 Å². The molecule has 32 heavy (non-hydrogen) atoms. The third-order valence-corrected chi connectivity index (χ3v) is 6.21. The van der Waals surface area contributed by atoms with Crippen LogP contribution in [0.5, 0.6) is 0 Å². The van der Waals surface area contributed by atoms with Crippen molar-refractivity contribution in [1.82, 2.24) is 14.2 Å². The van der Waals surface area contributed by atoms with Gasteiger partial charge < -0.3 is 10.3 Å². The quantitative estimate of drug-likeness (QED) is 0.491. The molecular formula is C25H25N5O2. The van der Waals surface area contributed by atoms with Crippen LogP contribution in [0.3, 0.4) is 0 Å². The number of para-hydroxylation sites is 2. The summed E-state index contributed by atoms with van der Waals surface area (Å²) in [5.41, 5.74) is 7.68. The molecule has 0 radical (unpaired) electrons. The van der Waals surface area contributed by atoms with Crippen LogP contribution in [-0.4, -0.2) is 26.3 Å². The molecule has 2 N–H and O–H groups in total. The Morgan fingerprint density at radius 1 is 1.06 bits per heavy atom. The molecule has 5 rings (SSSR count). The molecule has 7 nitrogen and oxygen atoms in total. The third kappa shape index (κ3) is 3.70. The SMILES string of the molecule is NC(=O)Cn1cc(C=Nn2c(C3CCCCC3)nc3ccccc3c2=O)c2ccccc21. The van der Waals surface area contributed by atoms with Crippen LogP contribution in [-0.2, 0) is 11.3 Å². The zero-order chi connectivity index (χ0) is 22.1. The summed E-state index contributed by atoms with van der Waals surface area (Å²) >= 11 is 0. The molecule has 0 spiro atoms. The summed E-state index contributed by atoms with van der Waals surface area (Å²) < 4.78 is 3.28. The molecule has 0 bridgehead atoms. The number of primary amides is 1. The fourth-order valence-corrected chi connectivity index (χ4v) is 4.67. The topological polar surface area (TPSA) is 95.3 Å². The van der Waals surface area contributed by atoms with E-state index in [0.29, 0.717) is 10.9 Å². The Balaban J connectivity index is 1.64. The van der Waals surface area contributed by atoms with Crippen molar-refractivity contribution in [1.29, 1.82) is 0 Å². The van der Waals surface area contributed by atoms with Gasteiger partial charge in [0.2, 0.25) is 5.91 Å². The second-order valence-corrected chi connectivity index (χ2v) is 8.38. The van der Waals surface area contributed by atoms with Crippen LogP contribution in [0.1, 0.15) is 49.4 Å². The predicted octanol–water partition coefficient (Wildman–Crippen LogP) is 3.77. The van der Waals surface area contributed by atoms with E-state index in [1.54, 1.807) is 12.3 Å². The fourth-order valence-electron chi connectivity index (χ4n) is 4.67. The van der Waals surface area contributed by atoms with Crippen molar-refractivity contribution in [2.75, 3.05) is 0 Å². The first-order chi connectivity index (χ1) is 15.6. The van der Waals surface area contributed by atoms with Crippen molar-refractivity contribution >= 4 is 33.9 Å². The van der Waals surface area contributed by atoms with Crippen molar-refractivity contribution in [3.05, 3.63) is 76.5 Å². The van der Waals surface area contributed by atoms with Gasteiger partial charge in [-0.1, -0.05) is 49.6 Å². The molecular weight excluding hydrogens is 402 g/mol. The number of nitrogens with zero attached hydrogens (tertiary/aromatic N) is 4. The summed E-state index contributed by atoms with van der Waals surface area (Å²) in [6.45, 7) is 0.0825. The van der Waals surface area contributed by atoms with Crippen LogP contribution in [0.4, 0.5) is 0 Å². The Labute approximate surface area is 185 Å². The number of carbonyl (C=O) groups excluding carboxylic acids is 1. The van der Waals surface area contributed by atoms with Gasteiger partial charge in [0.15, 0.2) is 0 Å². The van der Waals surface area contributed by atoms with Gasteiger partial charge in [0.1, 0.15) is 12.4 Å². The van der Waals surface area contributed by atoms with E-state index in [1.807, 2.05) is 53.2 Å². The molecule has 0 unspecified atom stereocenters. The van der Waals surface area contributed by atoms with Gasteiger partial charge in [-0.2, -0.15) is 9.78 Å². The molecule has 162 valence electrons. The minimum absolute atomic E-state index is 0.0825. The van der Waals surface area contributed by atoms with Crippen LogP contribution in [0, 0.1) is 0 Å². The Kier molecular flexibility index (Phi) is 5.31. The van der Waals surface area contributed by atoms with Gasteiger partial charge in [0.05, 0.1) is 17.1 Å². The van der Waals surface area contributed by atoms with Crippen LogP contribution in [0.25, 0.3) is 21.8 Å². The highest BCUT2D eigenvalue weighted by Crippen LogP contribution is 2.31. The van der Waals surface area contributed by atoms with Crippen LogP contribution >= 0.6 is 0 Å². The second kappa shape index (κ2) is 8.42. The smallest absolute Gasteiger partial charge is 0.282 e. The monoisotopic (exact) mass is 427 g/mol. The standard InChI is InChI=1S/C25H25N5O2/c26-23(31)16-29-15-18(19-10-5-7-13-22(19)29)14-27-30-24(17-8-2-1-3-9-17)28-21-12-6-4-11-20(21)25(30)32/h4-7,10-15,17H,1-3,8-9,16H2,(H2,26,31). The van der Waals surface area contributed by atoms with E-state index in [4.69, 9.17) is 10.7 Å². The molecule has 4 aromatic rings. The number of hydrogen-bond acceptors (Lipinski definition) is 4. The van der Waals surface area contributed by atoms with Gasteiger partial charge >= 0.3 is 0 Å². The summed E-state index contributed by atoms with van der Waals surface area (Å²) in [5.74, 6) is 0.531. The highest BCUT2D eigenvalue weighted by atomic mass is 16.1. The maximum Gasteiger partial charge on any atom is 0.282 e. The molecule has 1 fully saturated rings. The number of nitrogens with two attached hydrogens (primary N) is 1. The molecule has 1 aliphatic carbocycles. The highest BCUT2D eigenvalue weighted by molar-refractivity contribution is 6.00. The highest BCUT2D eigenvalue weighted by Gasteiger charge is 2.22. The van der Waals surface area contributed by atoms with E-state index in [-0.39, 0.29) is 18.0 Å². The van der Waals surface area contributed by atoms with Crippen LogP contribution < -0.4 is 11.3 Å². The lowest BCUT2D eigenvalue weighted by Crippen LogP contribution is -2.25. The van der Waals surface area contributed by atoms with Gasteiger partial charge in [-0.3, -0.25) is 9.59 Å². The van der Waals surface area contributed by atoms with Crippen LogP contribution in [0.2, 0.25) is 0 Å². The van der Waals surface area contributed by atoms with E-state index < -0.39 is 5.91 Å². The zero-order valence-corrected chi connectivity index (χ0v) is 17.8. The Hall–Kier alpha value is -3.74. The first kappa shape index (κ1) is 20.2. The number of benzene rings is 2. The molecule has 1 amide bonds. The largest absolute Gasteiger partial charge is 0.368 e. The second-order valence-electron chi connectivity index (χ2n) is 8.38. The Morgan fingerprint density at radius 3 is 2.56 bits per heavy atom. The summed E-state index contributed by atoms with van der Waals surface area (Å²) in [7, 11) is 0. The Bertz CT molecular complexity index is 1390. The summed E-state index contributed by atoms with van der Waals surface area (Å²) in [4.78, 5) is 29.7. The van der Waals surface area contributed by atoms with Gasteiger partial charge in [-0.05, 0) is 31.0 Å². The predicted molar refractivity (Wildman–Crippen MR) is 126 cm³/mol. The first-order valence-corrected chi connectivity index (χ1v) is 11.0. The summed E-state index contributed by atoms with van der Waals surface area (Å²) in [6.07, 6.45) is 9.05. The number of fused-ring (bicyclic) bond motifs is 2. The average molecular weight is 428 g/mol. The number of hydrogen-bond donors (Lipinski definition) is 1. The van der Waals surface area contributed by atoms with Gasteiger partial charge in [-0.15, -0.1) is 0 Å². The van der Waals surface area contributed by atoms with E-state index in [9.17, 15) is 9.59 Å². The molecule has 0 aliphatic heterocycles. The molecule has 2 aromatic carbocycles. The van der Waals surface area contributed by atoms with Crippen LogP contribution in [0.15, 0.2) is 64.6 Å². The maximum absolute atomic E-state index is 13.4. The fraction of sp³-hybridized carbons (Fsp3) is 0.280. The molecule has 7 heteroatoms. The molecule has 1 saturated carbocycles. The van der Waals surface area contributed by atoms with Crippen molar-refractivity contribution in [3.8, 4) is 0 Å².